The molecule has 31 heavy (non-hydrogen) atoms. The highest BCUT2D eigenvalue weighted by molar-refractivity contribution is 5.91. The van der Waals surface area contributed by atoms with Crippen molar-refractivity contribution in [2.75, 3.05) is 0 Å². The van der Waals surface area contributed by atoms with Crippen molar-refractivity contribution in [2.24, 2.45) is 0 Å². The van der Waals surface area contributed by atoms with Crippen LogP contribution in [-0.2, 0) is 25.5 Å². The molecule has 2 atom stereocenters. The molecule has 0 fully saturated rings. The number of ether oxygens (including phenoxy) is 1. The van der Waals surface area contributed by atoms with E-state index < -0.39 is 47.1 Å². The maximum absolute atomic E-state index is 13.3. The molecule has 0 aliphatic carbocycles. The first kappa shape index (κ1) is 24.0. The highest BCUT2D eigenvalue weighted by Crippen LogP contribution is 2.19. The van der Waals surface area contributed by atoms with Gasteiger partial charge in [0, 0.05) is 0 Å². The van der Waals surface area contributed by atoms with E-state index in [1.54, 1.807) is 51.1 Å². The van der Waals surface area contributed by atoms with Crippen LogP contribution in [0.5, 0.6) is 0 Å². The summed E-state index contributed by atoms with van der Waals surface area (Å²) in [5, 5.41) is 5.09. The summed E-state index contributed by atoms with van der Waals surface area (Å²) in [6.45, 7) is 6.61. The minimum atomic E-state index is -1.06. The Labute approximate surface area is 180 Å². The number of halogens is 2. The van der Waals surface area contributed by atoms with Gasteiger partial charge in [0.2, 0.25) is 11.8 Å². The minimum Gasteiger partial charge on any atom is -0.458 e. The lowest BCUT2D eigenvalue weighted by Gasteiger charge is -2.26. The van der Waals surface area contributed by atoms with E-state index in [4.69, 9.17) is 4.74 Å². The van der Waals surface area contributed by atoms with E-state index in [2.05, 4.69) is 10.6 Å². The fourth-order valence-corrected chi connectivity index (χ4v) is 2.74. The number of rotatable bonds is 7. The summed E-state index contributed by atoms with van der Waals surface area (Å²) in [4.78, 5) is 37.5. The van der Waals surface area contributed by atoms with Gasteiger partial charge in [0.25, 0.3) is 0 Å². The van der Waals surface area contributed by atoms with Crippen molar-refractivity contribution in [2.45, 2.75) is 51.8 Å². The third-order valence-corrected chi connectivity index (χ3v) is 4.18. The molecule has 0 unspecified atom stereocenters. The molecule has 0 aliphatic heterocycles. The zero-order valence-corrected chi connectivity index (χ0v) is 17.9. The van der Waals surface area contributed by atoms with Crippen LogP contribution < -0.4 is 10.6 Å². The minimum absolute atomic E-state index is 0.233. The Morgan fingerprint density at radius 2 is 1.61 bits per heavy atom. The zero-order chi connectivity index (χ0) is 23.2. The molecule has 2 aromatic rings. The van der Waals surface area contributed by atoms with Crippen LogP contribution in [0.3, 0.4) is 0 Å². The third-order valence-electron chi connectivity index (χ3n) is 4.18. The largest absolute Gasteiger partial charge is 0.458 e. The Balaban J connectivity index is 2.05. The first-order chi connectivity index (χ1) is 14.5. The lowest BCUT2D eigenvalue weighted by atomic mass is 10.1. The van der Waals surface area contributed by atoms with E-state index >= 15 is 0 Å². The quantitative estimate of drug-likeness (QED) is 0.658. The fourth-order valence-electron chi connectivity index (χ4n) is 2.74. The van der Waals surface area contributed by atoms with Gasteiger partial charge in [0.1, 0.15) is 11.6 Å². The molecule has 0 heterocycles. The van der Waals surface area contributed by atoms with Gasteiger partial charge in [-0.15, -0.1) is 0 Å². The summed E-state index contributed by atoms with van der Waals surface area (Å²) in [5.74, 6) is -3.85. The van der Waals surface area contributed by atoms with Crippen molar-refractivity contribution in [1.29, 1.82) is 0 Å². The van der Waals surface area contributed by atoms with Crippen molar-refractivity contribution >= 4 is 17.8 Å². The number of amides is 2. The number of esters is 1. The Bertz CT molecular complexity index is 942. The van der Waals surface area contributed by atoms with Crippen molar-refractivity contribution in [3.8, 4) is 0 Å². The molecule has 2 rings (SSSR count). The second-order valence-corrected chi connectivity index (χ2v) is 8.10. The molecule has 8 heteroatoms. The van der Waals surface area contributed by atoms with Gasteiger partial charge < -0.3 is 15.4 Å². The first-order valence-electron chi connectivity index (χ1n) is 9.78. The van der Waals surface area contributed by atoms with Gasteiger partial charge >= 0.3 is 5.97 Å². The molecule has 2 N–H and O–H groups in total. The molecule has 0 bridgehead atoms. The first-order valence-corrected chi connectivity index (χ1v) is 9.78. The molecule has 2 aromatic carbocycles. The molecule has 0 spiro atoms. The normalized spacial score (nSPS) is 13.1. The van der Waals surface area contributed by atoms with E-state index in [0.29, 0.717) is 5.56 Å². The maximum Gasteiger partial charge on any atom is 0.333 e. The molecule has 6 nitrogen and oxygen atoms in total. The Morgan fingerprint density at radius 1 is 0.968 bits per heavy atom. The average molecular weight is 432 g/mol. The predicted octanol–water partition coefficient (Wildman–Crippen LogP) is 3.21. The number of hydrogen-bond donors (Lipinski definition) is 2. The van der Waals surface area contributed by atoms with Crippen molar-refractivity contribution in [3.05, 3.63) is 71.3 Å². The molecule has 166 valence electrons. The third kappa shape index (κ3) is 7.47. The van der Waals surface area contributed by atoms with Crippen LogP contribution >= 0.6 is 0 Å². The summed E-state index contributed by atoms with van der Waals surface area (Å²) >= 11 is 0. The van der Waals surface area contributed by atoms with Gasteiger partial charge in [0.05, 0.1) is 6.42 Å². The molecule has 0 saturated heterocycles. The molecular weight excluding hydrogens is 406 g/mol. The summed E-state index contributed by atoms with van der Waals surface area (Å²) in [7, 11) is 0. The second kappa shape index (κ2) is 10.1. The van der Waals surface area contributed by atoms with E-state index in [1.165, 1.54) is 13.0 Å². The Morgan fingerprint density at radius 3 is 2.19 bits per heavy atom. The van der Waals surface area contributed by atoms with Crippen molar-refractivity contribution < 1.29 is 27.9 Å². The van der Waals surface area contributed by atoms with E-state index in [-0.39, 0.29) is 12.0 Å². The summed E-state index contributed by atoms with van der Waals surface area (Å²) in [6.07, 6.45) is -0.233. The topological polar surface area (TPSA) is 84.5 Å². The standard InChI is InChI=1S/C23H26F2N2O4/c1-14(26-19(28)13-15-10-11-17(24)18(25)12-15)21(29)27-20(16-8-6-5-7-9-16)22(30)31-23(2,3)4/h5-12,14,20H,13H2,1-4H3,(H,26,28)(H,27,29)/t14-,20-/m0/s1. The maximum atomic E-state index is 13.3. The number of nitrogens with one attached hydrogen (secondary N) is 2. The SMILES string of the molecule is C[C@H](NC(=O)Cc1ccc(F)c(F)c1)C(=O)N[C@H](C(=O)OC(C)(C)C)c1ccccc1. The van der Waals surface area contributed by atoms with Crippen LogP contribution in [0.15, 0.2) is 48.5 Å². The Hall–Kier alpha value is -3.29. The monoisotopic (exact) mass is 432 g/mol. The van der Waals surface area contributed by atoms with E-state index in [0.717, 1.165) is 12.1 Å². The lowest BCUT2D eigenvalue weighted by Crippen LogP contribution is -2.48. The fraction of sp³-hybridized carbons (Fsp3) is 0.348. The van der Waals surface area contributed by atoms with Crippen LogP contribution in [0.4, 0.5) is 8.78 Å². The van der Waals surface area contributed by atoms with Gasteiger partial charge in [-0.1, -0.05) is 36.4 Å². The molecule has 0 aliphatic rings. The van der Waals surface area contributed by atoms with Crippen LogP contribution in [0.1, 0.15) is 44.9 Å². The predicted molar refractivity (Wildman–Crippen MR) is 111 cm³/mol. The molecular formula is C23H26F2N2O4. The van der Waals surface area contributed by atoms with E-state index in [9.17, 15) is 23.2 Å². The zero-order valence-electron chi connectivity index (χ0n) is 17.9. The van der Waals surface area contributed by atoms with Crippen molar-refractivity contribution in [1.82, 2.24) is 10.6 Å². The van der Waals surface area contributed by atoms with Crippen LogP contribution in [0.25, 0.3) is 0 Å². The van der Waals surface area contributed by atoms with Crippen LogP contribution in [0.2, 0.25) is 0 Å². The number of carbonyl (C=O) groups is 3. The van der Waals surface area contributed by atoms with Gasteiger partial charge in [-0.05, 0) is 51.0 Å². The average Bonchev–Trinajstić information content (AvgIpc) is 2.67. The molecule has 0 saturated carbocycles. The number of benzene rings is 2. The summed E-state index contributed by atoms with van der Waals surface area (Å²) in [5.41, 5.74) is 0.0457. The van der Waals surface area contributed by atoms with Gasteiger partial charge in [-0.25, -0.2) is 13.6 Å². The van der Waals surface area contributed by atoms with Crippen LogP contribution in [-0.4, -0.2) is 29.4 Å². The lowest BCUT2D eigenvalue weighted by molar-refractivity contribution is -0.159. The van der Waals surface area contributed by atoms with Gasteiger partial charge in [-0.2, -0.15) is 0 Å². The molecule has 0 radical (unpaired) electrons. The second-order valence-electron chi connectivity index (χ2n) is 8.10. The number of hydrogen-bond acceptors (Lipinski definition) is 4. The van der Waals surface area contributed by atoms with Gasteiger partial charge in [0.15, 0.2) is 17.7 Å². The molecule has 0 aromatic heterocycles. The van der Waals surface area contributed by atoms with Crippen LogP contribution in [0, 0.1) is 11.6 Å². The highest BCUT2D eigenvalue weighted by atomic mass is 19.2. The van der Waals surface area contributed by atoms with E-state index in [1.807, 2.05) is 0 Å². The smallest absolute Gasteiger partial charge is 0.333 e. The highest BCUT2D eigenvalue weighted by Gasteiger charge is 2.29. The molecule has 2 amide bonds. The summed E-state index contributed by atoms with van der Waals surface area (Å²) < 4.78 is 31.7. The van der Waals surface area contributed by atoms with Gasteiger partial charge in [-0.3, -0.25) is 9.59 Å². The summed E-state index contributed by atoms with van der Waals surface area (Å²) in [6, 6.07) is 9.70. The van der Waals surface area contributed by atoms with Crippen molar-refractivity contribution in [3.63, 3.8) is 0 Å². The number of carbonyl (C=O) groups excluding carboxylic acids is 3. The Kier molecular flexibility index (Phi) is 7.85.